The summed E-state index contributed by atoms with van der Waals surface area (Å²) in [5.74, 6) is -1.79. The molecule has 0 aliphatic heterocycles. The summed E-state index contributed by atoms with van der Waals surface area (Å²) >= 11 is 0. The highest BCUT2D eigenvalue weighted by Gasteiger charge is 2.24. The zero-order chi connectivity index (χ0) is 11.0. The number of nitrogens with zero attached hydrogens (tertiary/aromatic N) is 1. The molecule has 0 aromatic rings. The third kappa shape index (κ3) is 3.88. The molecule has 0 bridgehead atoms. The van der Waals surface area contributed by atoms with Gasteiger partial charge in [0.2, 0.25) is 0 Å². The Hall–Kier alpha value is -1.59. The van der Waals surface area contributed by atoms with Crippen molar-refractivity contribution in [1.29, 1.82) is 0 Å². The highest BCUT2D eigenvalue weighted by molar-refractivity contribution is 6.62. The number of carbonyl (C=O) groups excluding carboxylic acids is 2. The molecule has 6 nitrogen and oxygen atoms in total. The van der Waals surface area contributed by atoms with Crippen LogP contribution in [0.15, 0.2) is 5.16 Å². The molecule has 0 aliphatic rings. The molecule has 0 aromatic heterocycles. The lowest BCUT2D eigenvalue weighted by Crippen LogP contribution is -2.28. The largest absolute Gasteiger partial charge is 0.461 e. The van der Waals surface area contributed by atoms with Crippen LogP contribution in [0.2, 0.25) is 0 Å². The summed E-state index contributed by atoms with van der Waals surface area (Å²) in [6.45, 7) is 3.47. The Morgan fingerprint density at radius 3 is 1.86 bits per heavy atom. The van der Waals surface area contributed by atoms with Gasteiger partial charge in [-0.15, -0.1) is 0 Å². The Bertz CT molecular complexity index is 216. The molecule has 0 spiro atoms. The summed E-state index contributed by atoms with van der Waals surface area (Å²) in [5.41, 5.74) is -0.552. The van der Waals surface area contributed by atoms with E-state index < -0.39 is 17.7 Å². The van der Waals surface area contributed by atoms with Crippen molar-refractivity contribution in [2.45, 2.75) is 13.8 Å². The molecular formula is C8H12NO5. The van der Waals surface area contributed by atoms with Gasteiger partial charge in [-0.05, 0) is 13.8 Å². The van der Waals surface area contributed by atoms with E-state index in [9.17, 15) is 9.59 Å². The summed E-state index contributed by atoms with van der Waals surface area (Å²) in [7, 11) is 2.91. The van der Waals surface area contributed by atoms with E-state index in [0.717, 1.165) is 0 Å². The second-order valence-electron chi connectivity index (χ2n) is 2.01. The molecule has 0 amide bonds. The Balaban J connectivity index is 4.51. The maximum atomic E-state index is 11.1. The highest BCUT2D eigenvalue weighted by atomic mass is 16.6. The van der Waals surface area contributed by atoms with Crippen molar-refractivity contribution in [3.8, 4) is 0 Å². The Kier molecular flexibility index (Phi) is 6.09. The molecular weight excluding hydrogens is 190 g/mol. The average Bonchev–Trinajstić information content (AvgIpc) is 2.14. The first-order valence-corrected chi connectivity index (χ1v) is 4.00. The molecule has 79 valence electrons. The molecule has 0 aliphatic carbocycles. The van der Waals surface area contributed by atoms with Crippen molar-refractivity contribution < 1.29 is 23.9 Å². The second kappa shape index (κ2) is 6.88. The number of ether oxygens (including phenoxy) is 2. The van der Waals surface area contributed by atoms with Crippen LogP contribution >= 0.6 is 0 Å². The third-order valence-corrected chi connectivity index (χ3v) is 1.09. The maximum absolute atomic E-state index is 11.1. The lowest BCUT2D eigenvalue weighted by atomic mass is 10.4. The van der Waals surface area contributed by atoms with Gasteiger partial charge in [0.05, 0.1) is 13.2 Å². The lowest BCUT2D eigenvalue weighted by Gasteiger charge is -2.03. The smallest absolute Gasteiger partial charge is 0.368 e. The van der Waals surface area contributed by atoms with Crippen molar-refractivity contribution in [3.05, 3.63) is 7.11 Å². The van der Waals surface area contributed by atoms with Gasteiger partial charge in [0.25, 0.3) is 5.71 Å². The summed E-state index contributed by atoms with van der Waals surface area (Å²) in [6.07, 6.45) is 0. The van der Waals surface area contributed by atoms with E-state index in [1.54, 1.807) is 13.8 Å². The summed E-state index contributed by atoms with van der Waals surface area (Å²) in [4.78, 5) is 26.3. The molecule has 0 fully saturated rings. The molecule has 0 aromatic carbocycles. The summed E-state index contributed by atoms with van der Waals surface area (Å²) in [5, 5.41) is 3.12. The van der Waals surface area contributed by atoms with Gasteiger partial charge >= 0.3 is 11.9 Å². The Labute approximate surface area is 81.8 Å². The number of esters is 2. The van der Waals surface area contributed by atoms with Gasteiger partial charge in [0.15, 0.2) is 7.11 Å². The van der Waals surface area contributed by atoms with Gasteiger partial charge in [-0.25, -0.2) is 9.59 Å². The van der Waals surface area contributed by atoms with Gasteiger partial charge in [-0.2, -0.15) is 0 Å². The molecule has 0 saturated carbocycles. The first kappa shape index (κ1) is 12.4. The minimum atomic E-state index is -0.894. The van der Waals surface area contributed by atoms with Gasteiger partial charge in [-0.1, -0.05) is 5.16 Å². The van der Waals surface area contributed by atoms with Crippen molar-refractivity contribution >= 4 is 17.7 Å². The van der Waals surface area contributed by atoms with E-state index in [2.05, 4.69) is 26.6 Å². The van der Waals surface area contributed by atoms with Crippen LogP contribution in [0.25, 0.3) is 0 Å². The van der Waals surface area contributed by atoms with Crippen LogP contribution in [0.4, 0.5) is 0 Å². The molecule has 0 rings (SSSR count). The molecule has 14 heavy (non-hydrogen) atoms. The van der Waals surface area contributed by atoms with Gasteiger partial charge in [0.1, 0.15) is 0 Å². The molecule has 0 unspecified atom stereocenters. The molecule has 0 saturated heterocycles. The van der Waals surface area contributed by atoms with Crippen LogP contribution < -0.4 is 0 Å². The predicted molar refractivity (Wildman–Crippen MR) is 47.1 cm³/mol. The monoisotopic (exact) mass is 202 g/mol. The quantitative estimate of drug-likeness (QED) is 0.277. The van der Waals surface area contributed by atoms with E-state index in [-0.39, 0.29) is 13.2 Å². The third-order valence-electron chi connectivity index (χ3n) is 1.09. The van der Waals surface area contributed by atoms with Crippen LogP contribution in [-0.4, -0.2) is 30.9 Å². The van der Waals surface area contributed by atoms with Gasteiger partial charge < -0.3 is 14.3 Å². The number of hydrogen-bond acceptors (Lipinski definition) is 6. The van der Waals surface area contributed by atoms with Gasteiger partial charge in [0, 0.05) is 0 Å². The van der Waals surface area contributed by atoms with E-state index >= 15 is 0 Å². The lowest BCUT2D eigenvalue weighted by molar-refractivity contribution is -0.140. The summed E-state index contributed by atoms with van der Waals surface area (Å²) < 4.78 is 9.09. The van der Waals surface area contributed by atoms with Crippen LogP contribution in [-0.2, 0) is 23.9 Å². The Morgan fingerprint density at radius 1 is 1.14 bits per heavy atom. The number of rotatable bonds is 5. The Morgan fingerprint density at radius 2 is 1.57 bits per heavy atom. The molecule has 0 N–H and O–H groups in total. The molecule has 0 heterocycles. The van der Waals surface area contributed by atoms with Crippen LogP contribution in [0.3, 0.4) is 0 Å². The highest BCUT2D eigenvalue weighted by Crippen LogP contribution is 1.91. The fourth-order valence-corrected chi connectivity index (χ4v) is 0.621. The maximum Gasteiger partial charge on any atom is 0.368 e. The first-order valence-electron chi connectivity index (χ1n) is 4.00. The van der Waals surface area contributed by atoms with Gasteiger partial charge in [-0.3, -0.25) is 0 Å². The predicted octanol–water partition coefficient (Wildman–Crippen LogP) is 0.277. The van der Waals surface area contributed by atoms with Crippen molar-refractivity contribution in [2.75, 3.05) is 13.2 Å². The number of hydrogen-bond donors (Lipinski definition) is 0. The van der Waals surface area contributed by atoms with Crippen molar-refractivity contribution in [2.24, 2.45) is 5.16 Å². The fraction of sp³-hybridized carbons (Fsp3) is 0.500. The minimum Gasteiger partial charge on any atom is -0.461 e. The van der Waals surface area contributed by atoms with Crippen molar-refractivity contribution in [3.63, 3.8) is 0 Å². The second-order valence-corrected chi connectivity index (χ2v) is 2.01. The molecule has 1 radical (unpaired) electrons. The fourth-order valence-electron chi connectivity index (χ4n) is 0.621. The van der Waals surface area contributed by atoms with E-state index in [4.69, 9.17) is 0 Å². The number of oxime groups is 1. The minimum absolute atomic E-state index is 0.133. The number of carbonyl (C=O) groups is 2. The van der Waals surface area contributed by atoms with Crippen LogP contribution in [0.1, 0.15) is 13.8 Å². The first-order chi connectivity index (χ1) is 6.67. The van der Waals surface area contributed by atoms with Crippen LogP contribution in [0, 0.1) is 7.11 Å². The topological polar surface area (TPSA) is 74.2 Å². The zero-order valence-electron chi connectivity index (χ0n) is 8.11. The van der Waals surface area contributed by atoms with Crippen LogP contribution in [0.5, 0.6) is 0 Å². The van der Waals surface area contributed by atoms with Crippen molar-refractivity contribution in [1.82, 2.24) is 0 Å². The SMILES string of the molecule is [CH2]ON=C(C(=O)OCC)C(=O)OCC. The van der Waals surface area contributed by atoms with E-state index in [1.165, 1.54) is 0 Å². The standard InChI is InChI=1S/C8H12NO5/c1-4-13-7(10)6(9-12-3)8(11)14-5-2/h3-5H2,1-2H3. The van der Waals surface area contributed by atoms with E-state index in [1.807, 2.05) is 0 Å². The average molecular weight is 202 g/mol. The summed E-state index contributed by atoms with van der Waals surface area (Å²) in [6, 6.07) is 0. The van der Waals surface area contributed by atoms with E-state index in [0.29, 0.717) is 0 Å². The normalized spacial score (nSPS) is 8.79. The molecule has 6 heteroatoms. The zero-order valence-corrected chi connectivity index (χ0v) is 8.11. The molecule has 0 atom stereocenters.